The second-order valence-electron chi connectivity index (χ2n) is 24.3. The number of pyridine rings is 3. The topological polar surface area (TPSA) is 157 Å². The van der Waals surface area contributed by atoms with Crippen LogP contribution in [-0.4, -0.2) is 138 Å². The molecular formula is C75H76F2N12O6. The van der Waals surface area contributed by atoms with E-state index in [9.17, 15) is 23.2 Å². The fourth-order valence-electron chi connectivity index (χ4n) is 13.1. The highest BCUT2D eigenvalue weighted by Gasteiger charge is 2.18. The minimum atomic E-state index is -0.695. The van der Waals surface area contributed by atoms with Gasteiger partial charge in [-0.15, -0.1) is 0 Å². The van der Waals surface area contributed by atoms with Crippen LogP contribution in [0.15, 0.2) is 203 Å². The van der Waals surface area contributed by atoms with Gasteiger partial charge in [0.25, 0.3) is 16.7 Å². The second-order valence-corrected chi connectivity index (χ2v) is 24.3. The quantitative estimate of drug-likeness (QED) is 0.0802. The molecule has 0 unspecified atom stereocenters. The van der Waals surface area contributed by atoms with Crippen LogP contribution in [0.2, 0.25) is 0 Å². The first kappa shape index (κ1) is 63.5. The summed E-state index contributed by atoms with van der Waals surface area (Å²) >= 11 is 0. The molecule has 0 radical (unpaired) electrons. The molecule has 3 saturated heterocycles. The zero-order valence-corrected chi connectivity index (χ0v) is 53.7. The lowest BCUT2D eigenvalue weighted by Crippen LogP contribution is -2.24. The predicted octanol–water partition coefficient (Wildman–Crippen LogP) is 12.2. The van der Waals surface area contributed by atoms with Crippen LogP contribution in [0.25, 0.3) is 83.2 Å². The number of methoxy groups -OCH3 is 3. The van der Waals surface area contributed by atoms with E-state index in [2.05, 4.69) is 51.5 Å². The number of hydrogen-bond acceptors (Lipinski definition) is 12. The SMILES string of the molecule is COc1ccc(-c2ccn(-c3ccc4c(cnn4CCN4CCCC4)c3)c(=O)c2)c(OC)c1.COc1ccc(-c2ccn(-c3ccc4c(cnn4CCN4CCCC4)c3)c(=O)c2)cc1.O=c1cc(-c2ccc(F)cc2F)ccn1-c1ccc2c(cnn2CCN2CCCC2)c1. The molecule has 9 heterocycles. The number of rotatable bonds is 18. The van der Waals surface area contributed by atoms with Gasteiger partial charge in [0.05, 0.1) is 76.1 Å². The molecule has 15 rings (SSSR count). The Kier molecular flexibility index (Phi) is 19.3. The molecule has 486 valence electrons. The standard InChI is InChI=1S/C26H28N4O3.C25H26N4O2.C24H22F2N4O/c1-32-22-6-7-23(25(17-22)33-2)19-9-12-29(26(31)16-19)21-5-8-24-20(15-21)18-27-30(24)14-13-28-10-3-4-11-28;1-31-23-7-4-19(5-8-23)20-10-13-28(25(30)17-20)22-6-9-24-21(16-22)18-26-29(24)15-14-27-11-2-3-12-27;25-19-3-5-21(22(26)15-19)17-7-10-29(24(31)14-17)20-4-6-23-18(13-20)16-27-30(23)12-11-28-8-1-2-9-28/h5-9,12,15-18H,3-4,10-11,13-14H2,1-2H3;4-10,13,16-18H,2-3,11-12,14-15H2,1H3;3-7,10,13-16H,1-2,8-9,11-12H2. The summed E-state index contributed by atoms with van der Waals surface area (Å²) in [5.74, 6) is 0.822. The maximum absolute atomic E-state index is 14.1. The first-order valence-corrected chi connectivity index (χ1v) is 32.5. The predicted molar refractivity (Wildman–Crippen MR) is 369 cm³/mol. The minimum absolute atomic E-state index is 0.0610. The van der Waals surface area contributed by atoms with E-state index in [0.29, 0.717) is 22.7 Å². The summed E-state index contributed by atoms with van der Waals surface area (Å²) in [4.78, 5) is 46.0. The molecule has 0 bridgehead atoms. The van der Waals surface area contributed by atoms with Crippen LogP contribution in [0, 0.1) is 11.6 Å². The monoisotopic (exact) mass is 1280 g/mol. The smallest absolute Gasteiger partial charge is 0.255 e. The molecule has 12 aromatic rings. The lowest BCUT2D eigenvalue weighted by molar-refractivity contribution is 0.318. The highest BCUT2D eigenvalue weighted by Crippen LogP contribution is 2.33. The van der Waals surface area contributed by atoms with Crippen molar-refractivity contribution < 1.29 is 23.0 Å². The molecule has 3 fully saturated rings. The molecule has 3 aliphatic rings. The van der Waals surface area contributed by atoms with Gasteiger partial charge in [-0.2, -0.15) is 15.3 Å². The first-order valence-electron chi connectivity index (χ1n) is 32.5. The molecule has 18 nitrogen and oxygen atoms in total. The summed E-state index contributed by atoms with van der Waals surface area (Å²) in [7, 11) is 4.87. The van der Waals surface area contributed by atoms with Crippen molar-refractivity contribution in [2.75, 3.05) is 80.2 Å². The van der Waals surface area contributed by atoms with Crippen molar-refractivity contribution in [2.24, 2.45) is 0 Å². The van der Waals surface area contributed by atoms with E-state index in [1.54, 1.807) is 61.1 Å². The van der Waals surface area contributed by atoms with E-state index in [4.69, 9.17) is 14.2 Å². The van der Waals surface area contributed by atoms with Gasteiger partial charge in [-0.1, -0.05) is 12.1 Å². The Morgan fingerprint density at radius 2 is 0.758 bits per heavy atom. The van der Waals surface area contributed by atoms with Gasteiger partial charge in [-0.25, -0.2) is 8.78 Å². The number of likely N-dealkylation sites (tertiary alicyclic amines) is 3. The van der Waals surface area contributed by atoms with Crippen molar-refractivity contribution in [2.45, 2.75) is 58.2 Å². The molecular weight excluding hydrogens is 1200 g/mol. The van der Waals surface area contributed by atoms with Crippen LogP contribution in [0.5, 0.6) is 17.2 Å². The second kappa shape index (κ2) is 28.9. The Balaban J connectivity index is 0.000000129. The van der Waals surface area contributed by atoms with Gasteiger partial charge < -0.3 is 28.9 Å². The van der Waals surface area contributed by atoms with E-state index in [1.807, 2.05) is 127 Å². The summed E-state index contributed by atoms with van der Waals surface area (Å²) in [5.41, 5.74) is 9.26. The van der Waals surface area contributed by atoms with Gasteiger partial charge in [-0.3, -0.25) is 42.1 Å². The molecule has 0 N–H and O–H groups in total. The zero-order valence-electron chi connectivity index (χ0n) is 53.7. The number of nitrogens with zero attached hydrogens (tertiary/aromatic N) is 12. The Morgan fingerprint density at radius 1 is 0.368 bits per heavy atom. The molecule has 3 aliphatic heterocycles. The summed E-state index contributed by atoms with van der Waals surface area (Å²) in [5, 5.41) is 16.7. The van der Waals surface area contributed by atoms with E-state index in [-0.39, 0.29) is 22.2 Å². The Bertz CT molecular complexity index is 4860. The molecule has 95 heavy (non-hydrogen) atoms. The average Bonchev–Trinajstić information content (AvgIpc) is 1.81. The van der Waals surface area contributed by atoms with Crippen molar-refractivity contribution >= 4 is 32.7 Å². The molecule has 6 aromatic heterocycles. The lowest BCUT2D eigenvalue weighted by atomic mass is 10.1. The van der Waals surface area contributed by atoms with Gasteiger partial charge in [0.15, 0.2) is 0 Å². The highest BCUT2D eigenvalue weighted by atomic mass is 19.1. The van der Waals surface area contributed by atoms with Gasteiger partial charge in [-0.05, 0) is 209 Å². The molecule has 0 atom stereocenters. The summed E-state index contributed by atoms with van der Waals surface area (Å²) < 4.78 is 54.2. The van der Waals surface area contributed by atoms with E-state index in [0.717, 1.165) is 131 Å². The number of aromatic nitrogens is 9. The molecule has 0 amide bonds. The molecule has 6 aromatic carbocycles. The van der Waals surface area contributed by atoms with E-state index >= 15 is 0 Å². The number of benzene rings is 6. The van der Waals surface area contributed by atoms with Crippen LogP contribution >= 0.6 is 0 Å². The number of ether oxygens (including phenoxy) is 3. The van der Waals surface area contributed by atoms with Gasteiger partial charge >= 0.3 is 0 Å². The number of halogens is 2. The zero-order chi connectivity index (χ0) is 65.4. The Labute approximate surface area is 548 Å². The van der Waals surface area contributed by atoms with Gasteiger partial charge in [0.1, 0.15) is 28.9 Å². The van der Waals surface area contributed by atoms with Crippen LogP contribution in [0.1, 0.15) is 38.5 Å². The Hall–Kier alpha value is -10.3. The summed E-state index contributed by atoms with van der Waals surface area (Å²) in [6.07, 6.45) is 18.6. The van der Waals surface area contributed by atoms with Gasteiger partial charge in [0, 0.05) is 113 Å². The number of fused-ring (bicyclic) bond motifs is 3. The van der Waals surface area contributed by atoms with Crippen molar-refractivity contribution in [3.63, 3.8) is 0 Å². The highest BCUT2D eigenvalue weighted by molar-refractivity contribution is 5.83. The van der Waals surface area contributed by atoms with Crippen molar-refractivity contribution in [3.8, 4) is 67.7 Å². The fraction of sp³-hybridized carbons (Fsp3) is 0.280. The third kappa shape index (κ3) is 14.4. The first-order chi connectivity index (χ1) is 46.4. The fourth-order valence-corrected chi connectivity index (χ4v) is 13.1. The molecule has 20 heteroatoms. The summed E-state index contributed by atoms with van der Waals surface area (Å²) in [6.45, 7) is 12.7. The van der Waals surface area contributed by atoms with Crippen LogP contribution in [0.4, 0.5) is 8.78 Å². The normalized spacial score (nSPS) is 14.3. The van der Waals surface area contributed by atoms with E-state index < -0.39 is 11.6 Å². The molecule has 0 spiro atoms. The van der Waals surface area contributed by atoms with Gasteiger partial charge in [0.2, 0.25) is 0 Å². The number of hydrogen-bond donors (Lipinski definition) is 0. The minimum Gasteiger partial charge on any atom is -0.497 e. The van der Waals surface area contributed by atoms with Crippen LogP contribution < -0.4 is 30.9 Å². The van der Waals surface area contributed by atoms with E-state index in [1.165, 1.54) is 87.5 Å². The lowest BCUT2D eigenvalue weighted by Gasteiger charge is -2.14. The van der Waals surface area contributed by atoms with Crippen LogP contribution in [-0.2, 0) is 19.6 Å². The average molecular weight is 1280 g/mol. The molecule has 0 aliphatic carbocycles. The summed E-state index contributed by atoms with van der Waals surface area (Å²) in [6, 6.07) is 44.8. The van der Waals surface area contributed by atoms with Crippen molar-refractivity contribution in [1.29, 1.82) is 0 Å². The Morgan fingerprint density at radius 3 is 1.16 bits per heavy atom. The van der Waals surface area contributed by atoms with Crippen LogP contribution in [0.3, 0.4) is 0 Å². The maximum Gasteiger partial charge on any atom is 0.255 e. The van der Waals surface area contributed by atoms with Crippen molar-refractivity contribution in [1.82, 2.24) is 57.7 Å². The maximum atomic E-state index is 14.1. The third-order valence-corrected chi connectivity index (χ3v) is 18.3. The third-order valence-electron chi connectivity index (χ3n) is 18.3. The van der Waals surface area contributed by atoms with Crippen molar-refractivity contribution in [3.05, 3.63) is 232 Å². The largest absolute Gasteiger partial charge is 0.497 e. The molecule has 0 saturated carbocycles.